The van der Waals surface area contributed by atoms with Crippen LogP contribution in [0.2, 0.25) is 0 Å². The van der Waals surface area contributed by atoms with Gasteiger partial charge in [0.15, 0.2) is 0 Å². The fourth-order valence-electron chi connectivity index (χ4n) is 2.58. The van der Waals surface area contributed by atoms with E-state index in [0.717, 1.165) is 13.2 Å². The van der Waals surface area contributed by atoms with Crippen LogP contribution in [0.15, 0.2) is 0 Å². The van der Waals surface area contributed by atoms with Gasteiger partial charge in [-0.3, -0.25) is 0 Å². The van der Waals surface area contributed by atoms with Gasteiger partial charge in [0.25, 0.3) is 0 Å². The number of ether oxygens (including phenoxy) is 2. The van der Waals surface area contributed by atoms with E-state index in [4.69, 9.17) is 9.47 Å². The molecule has 1 aliphatic rings. The molecule has 1 rings (SSSR count). The van der Waals surface area contributed by atoms with Gasteiger partial charge in [-0.05, 0) is 58.9 Å². The van der Waals surface area contributed by atoms with Gasteiger partial charge in [0.05, 0.1) is 11.7 Å². The quantitative estimate of drug-likeness (QED) is 0.688. The van der Waals surface area contributed by atoms with Crippen LogP contribution in [0.4, 0.5) is 0 Å². The van der Waals surface area contributed by atoms with E-state index in [1.54, 1.807) is 7.11 Å². The molecule has 1 saturated heterocycles. The summed E-state index contributed by atoms with van der Waals surface area (Å²) in [4.78, 5) is 0. The highest BCUT2D eigenvalue weighted by molar-refractivity contribution is 4.85. The molecule has 3 heteroatoms. The summed E-state index contributed by atoms with van der Waals surface area (Å²) in [5.74, 6) is 0. The van der Waals surface area contributed by atoms with Crippen molar-refractivity contribution in [1.29, 1.82) is 0 Å². The zero-order valence-electron chi connectivity index (χ0n) is 12.6. The molecule has 108 valence electrons. The molecule has 0 spiro atoms. The number of hydrogen-bond donors (Lipinski definition) is 1. The minimum atomic E-state index is -0.0916. The van der Waals surface area contributed by atoms with Crippen LogP contribution in [0.25, 0.3) is 0 Å². The fourth-order valence-corrected chi connectivity index (χ4v) is 2.58. The summed E-state index contributed by atoms with van der Waals surface area (Å²) >= 11 is 0. The summed E-state index contributed by atoms with van der Waals surface area (Å²) in [5, 5.41) is 3.62. The average Bonchev–Trinajstić information content (AvgIpc) is 2.86. The predicted molar refractivity (Wildman–Crippen MR) is 76.0 cm³/mol. The lowest BCUT2D eigenvalue weighted by Gasteiger charge is -2.34. The summed E-state index contributed by atoms with van der Waals surface area (Å²) in [6.07, 6.45) is 7.76. The van der Waals surface area contributed by atoms with Crippen LogP contribution in [0.1, 0.15) is 59.3 Å². The van der Waals surface area contributed by atoms with E-state index < -0.39 is 0 Å². The maximum absolute atomic E-state index is 5.68. The van der Waals surface area contributed by atoms with Crippen LogP contribution < -0.4 is 5.32 Å². The Morgan fingerprint density at radius 3 is 2.78 bits per heavy atom. The second-order valence-electron chi connectivity index (χ2n) is 5.88. The lowest BCUT2D eigenvalue weighted by molar-refractivity contribution is -0.0141. The van der Waals surface area contributed by atoms with E-state index in [-0.39, 0.29) is 5.60 Å². The lowest BCUT2D eigenvalue weighted by atomic mass is 9.92. The topological polar surface area (TPSA) is 30.5 Å². The fraction of sp³-hybridized carbons (Fsp3) is 1.00. The summed E-state index contributed by atoms with van der Waals surface area (Å²) in [5.41, 5.74) is -0.0916. The normalized spacial score (nSPS) is 22.3. The molecule has 18 heavy (non-hydrogen) atoms. The molecule has 1 N–H and O–H groups in total. The molecule has 3 nitrogen and oxygen atoms in total. The van der Waals surface area contributed by atoms with Gasteiger partial charge in [0.1, 0.15) is 0 Å². The second kappa shape index (κ2) is 8.13. The molecule has 0 saturated carbocycles. The van der Waals surface area contributed by atoms with E-state index in [0.29, 0.717) is 12.1 Å². The third-order valence-electron chi connectivity index (χ3n) is 4.05. The standard InChI is InChI=1S/C15H31NO2/c1-5-11-16-14(15(2,3)17-4)10-6-8-13-9-7-12-18-13/h13-14,16H,5-12H2,1-4H3. The maximum atomic E-state index is 5.68. The van der Waals surface area contributed by atoms with Crippen molar-refractivity contribution < 1.29 is 9.47 Å². The number of methoxy groups -OCH3 is 1. The molecule has 1 fully saturated rings. The Labute approximate surface area is 113 Å². The molecule has 2 atom stereocenters. The first-order chi connectivity index (χ1) is 8.60. The van der Waals surface area contributed by atoms with Gasteiger partial charge < -0.3 is 14.8 Å². The van der Waals surface area contributed by atoms with Gasteiger partial charge in [-0.25, -0.2) is 0 Å². The Kier molecular flexibility index (Phi) is 7.20. The van der Waals surface area contributed by atoms with E-state index in [2.05, 4.69) is 26.1 Å². The lowest BCUT2D eigenvalue weighted by Crippen LogP contribution is -2.48. The van der Waals surface area contributed by atoms with Crippen molar-refractivity contribution in [1.82, 2.24) is 5.32 Å². The SMILES string of the molecule is CCCNC(CCCC1CCCO1)C(C)(C)OC. The van der Waals surface area contributed by atoms with Crippen LogP contribution in [-0.4, -0.2) is 38.0 Å². The number of nitrogens with one attached hydrogen (secondary N) is 1. The first-order valence-corrected chi connectivity index (χ1v) is 7.50. The van der Waals surface area contributed by atoms with Crippen molar-refractivity contribution in [2.75, 3.05) is 20.3 Å². The molecular formula is C15H31NO2. The largest absolute Gasteiger partial charge is 0.378 e. The molecule has 1 heterocycles. The third-order valence-corrected chi connectivity index (χ3v) is 4.05. The smallest absolute Gasteiger partial charge is 0.0774 e. The first kappa shape index (κ1) is 15.9. The first-order valence-electron chi connectivity index (χ1n) is 7.50. The van der Waals surface area contributed by atoms with Crippen molar-refractivity contribution in [3.05, 3.63) is 0 Å². The van der Waals surface area contributed by atoms with Crippen molar-refractivity contribution >= 4 is 0 Å². The van der Waals surface area contributed by atoms with Crippen LogP contribution in [0.3, 0.4) is 0 Å². The predicted octanol–water partition coefficient (Wildman–Crippen LogP) is 3.13. The van der Waals surface area contributed by atoms with Crippen LogP contribution in [0.5, 0.6) is 0 Å². The monoisotopic (exact) mass is 257 g/mol. The molecule has 0 bridgehead atoms. The minimum Gasteiger partial charge on any atom is -0.378 e. The zero-order valence-corrected chi connectivity index (χ0v) is 12.6. The van der Waals surface area contributed by atoms with Crippen LogP contribution in [0, 0.1) is 0 Å². The molecule has 0 radical (unpaired) electrons. The summed E-state index contributed by atoms with van der Waals surface area (Å²) in [7, 11) is 1.81. The number of hydrogen-bond acceptors (Lipinski definition) is 3. The van der Waals surface area contributed by atoms with Crippen molar-refractivity contribution in [2.24, 2.45) is 0 Å². The Bertz CT molecular complexity index is 213. The molecule has 0 aromatic rings. The van der Waals surface area contributed by atoms with Gasteiger partial charge in [-0.1, -0.05) is 6.92 Å². The van der Waals surface area contributed by atoms with Crippen molar-refractivity contribution in [2.45, 2.75) is 77.0 Å². The minimum absolute atomic E-state index is 0.0916. The Balaban J connectivity index is 2.30. The van der Waals surface area contributed by atoms with Crippen LogP contribution in [-0.2, 0) is 9.47 Å². The number of rotatable bonds is 9. The molecule has 1 aliphatic heterocycles. The van der Waals surface area contributed by atoms with Crippen LogP contribution >= 0.6 is 0 Å². The summed E-state index contributed by atoms with van der Waals surface area (Å²) in [6, 6.07) is 0.434. The Morgan fingerprint density at radius 1 is 1.44 bits per heavy atom. The molecule has 0 aromatic carbocycles. The highest BCUT2D eigenvalue weighted by atomic mass is 16.5. The van der Waals surface area contributed by atoms with Gasteiger partial charge in [-0.2, -0.15) is 0 Å². The maximum Gasteiger partial charge on any atom is 0.0774 e. The van der Waals surface area contributed by atoms with Crippen molar-refractivity contribution in [3.8, 4) is 0 Å². The zero-order chi connectivity index (χ0) is 13.4. The molecule has 0 aliphatic carbocycles. The molecular weight excluding hydrogens is 226 g/mol. The summed E-state index contributed by atoms with van der Waals surface area (Å²) in [6.45, 7) is 8.58. The van der Waals surface area contributed by atoms with Crippen molar-refractivity contribution in [3.63, 3.8) is 0 Å². The average molecular weight is 257 g/mol. The van der Waals surface area contributed by atoms with E-state index in [1.807, 2.05) is 0 Å². The van der Waals surface area contributed by atoms with Gasteiger partial charge in [0.2, 0.25) is 0 Å². The Hall–Kier alpha value is -0.120. The van der Waals surface area contributed by atoms with E-state index in [1.165, 1.54) is 38.5 Å². The van der Waals surface area contributed by atoms with Gasteiger partial charge in [0, 0.05) is 19.8 Å². The third kappa shape index (κ3) is 5.25. The van der Waals surface area contributed by atoms with Gasteiger partial charge in [-0.15, -0.1) is 0 Å². The molecule has 0 amide bonds. The second-order valence-corrected chi connectivity index (χ2v) is 5.88. The summed E-state index contributed by atoms with van der Waals surface area (Å²) < 4.78 is 11.3. The highest BCUT2D eigenvalue weighted by Gasteiger charge is 2.28. The Morgan fingerprint density at radius 2 is 2.22 bits per heavy atom. The molecule has 0 aromatic heterocycles. The molecule has 2 unspecified atom stereocenters. The van der Waals surface area contributed by atoms with E-state index in [9.17, 15) is 0 Å². The van der Waals surface area contributed by atoms with E-state index >= 15 is 0 Å². The highest BCUT2D eigenvalue weighted by Crippen LogP contribution is 2.22. The van der Waals surface area contributed by atoms with Gasteiger partial charge >= 0.3 is 0 Å².